The van der Waals surface area contributed by atoms with Crippen molar-refractivity contribution >= 4 is 34.9 Å². The molecule has 3 rings (SSSR count). The molecule has 0 unspecified atom stereocenters. The first-order valence-electron chi connectivity index (χ1n) is 8.48. The lowest BCUT2D eigenvalue weighted by Crippen LogP contribution is -2.48. The van der Waals surface area contributed by atoms with Gasteiger partial charge in [-0.3, -0.25) is 0 Å². The van der Waals surface area contributed by atoms with Gasteiger partial charge in [-0.05, 0) is 31.9 Å². The van der Waals surface area contributed by atoms with Gasteiger partial charge in [0.2, 0.25) is 0 Å². The van der Waals surface area contributed by atoms with E-state index in [0.29, 0.717) is 16.3 Å². The molecule has 0 radical (unpaired) electrons. The van der Waals surface area contributed by atoms with Crippen LogP contribution in [-0.4, -0.2) is 41.4 Å². The molecule has 1 saturated heterocycles. The van der Waals surface area contributed by atoms with E-state index in [2.05, 4.69) is 27.1 Å². The highest BCUT2D eigenvalue weighted by atomic mass is 35.5. The van der Waals surface area contributed by atoms with Crippen LogP contribution in [0.25, 0.3) is 0 Å². The van der Waals surface area contributed by atoms with Crippen molar-refractivity contribution in [1.82, 2.24) is 15.3 Å². The molecule has 2 aliphatic rings. The first kappa shape index (κ1) is 18.9. The van der Waals surface area contributed by atoms with Gasteiger partial charge in [0.1, 0.15) is 10.8 Å². The van der Waals surface area contributed by atoms with E-state index in [4.69, 9.17) is 22.7 Å². The maximum atomic E-state index is 7.95. The molecule has 1 fully saturated rings. The smallest absolute Gasteiger partial charge is 0.147 e. The van der Waals surface area contributed by atoms with Crippen LogP contribution < -0.4 is 16.0 Å². The first-order chi connectivity index (χ1) is 12.4. The molecule has 138 valence electrons. The topological polar surface area (TPSA) is 90.9 Å². The van der Waals surface area contributed by atoms with Gasteiger partial charge in [0.25, 0.3) is 0 Å². The summed E-state index contributed by atoms with van der Waals surface area (Å²) in [4.78, 5) is 12.1. The standard InChI is InChI=1S/C18H23ClN6S/c1-18(21)5-7-25(8-6-18)15-10-24-16(11-23-15)26-14-4-3-13(20)12(9-22-2)17(14)19/h3-4,9-11,20,22H,5-8,21H2,1-2H3/b12-9+,20-13?. The lowest BCUT2D eigenvalue weighted by molar-refractivity contribution is 0.363. The molecule has 8 heteroatoms. The van der Waals surface area contributed by atoms with E-state index in [1.165, 1.54) is 11.8 Å². The molecule has 0 bridgehead atoms. The normalized spacial score (nSPS) is 21.5. The van der Waals surface area contributed by atoms with Crippen LogP contribution in [0.3, 0.4) is 0 Å². The fourth-order valence-electron chi connectivity index (χ4n) is 2.82. The van der Waals surface area contributed by atoms with E-state index in [9.17, 15) is 0 Å². The van der Waals surface area contributed by atoms with Gasteiger partial charge < -0.3 is 21.4 Å². The van der Waals surface area contributed by atoms with Crippen molar-refractivity contribution < 1.29 is 0 Å². The average molecular weight is 391 g/mol. The number of allylic oxidation sites excluding steroid dienone is 4. The molecule has 1 aromatic rings. The Morgan fingerprint density at radius 1 is 1.31 bits per heavy atom. The Morgan fingerprint density at radius 3 is 2.65 bits per heavy atom. The summed E-state index contributed by atoms with van der Waals surface area (Å²) in [5, 5.41) is 12.2. The number of nitrogens with two attached hydrogens (primary N) is 1. The van der Waals surface area contributed by atoms with Crippen LogP contribution in [0.2, 0.25) is 0 Å². The summed E-state index contributed by atoms with van der Waals surface area (Å²) in [6, 6.07) is 0. The number of aromatic nitrogens is 2. The second kappa shape index (κ2) is 7.82. The number of rotatable bonds is 4. The van der Waals surface area contributed by atoms with Crippen molar-refractivity contribution in [2.24, 2.45) is 5.73 Å². The molecule has 1 aromatic heterocycles. The zero-order valence-electron chi connectivity index (χ0n) is 14.9. The van der Waals surface area contributed by atoms with Crippen molar-refractivity contribution in [2.45, 2.75) is 30.3 Å². The average Bonchev–Trinajstić information content (AvgIpc) is 2.62. The zero-order valence-corrected chi connectivity index (χ0v) is 16.5. The second-order valence-corrected chi connectivity index (χ2v) is 8.17. The largest absolute Gasteiger partial charge is 0.393 e. The van der Waals surface area contributed by atoms with Crippen molar-refractivity contribution in [1.29, 1.82) is 5.41 Å². The Kier molecular flexibility index (Phi) is 5.70. The van der Waals surface area contributed by atoms with Gasteiger partial charge in [-0.2, -0.15) is 0 Å². The van der Waals surface area contributed by atoms with Crippen molar-refractivity contribution in [3.63, 3.8) is 0 Å². The summed E-state index contributed by atoms with van der Waals surface area (Å²) in [5.74, 6) is 0.877. The van der Waals surface area contributed by atoms with Crippen LogP contribution >= 0.6 is 23.4 Å². The molecule has 0 aromatic carbocycles. The number of hydrogen-bond acceptors (Lipinski definition) is 7. The minimum Gasteiger partial charge on any atom is -0.393 e. The molecule has 4 N–H and O–H groups in total. The van der Waals surface area contributed by atoms with Gasteiger partial charge in [-0.1, -0.05) is 23.4 Å². The van der Waals surface area contributed by atoms with Gasteiger partial charge in [0.05, 0.1) is 23.1 Å². The monoisotopic (exact) mass is 390 g/mol. The van der Waals surface area contributed by atoms with Crippen molar-refractivity contribution in [2.75, 3.05) is 25.0 Å². The molecule has 0 atom stereocenters. The summed E-state index contributed by atoms with van der Waals surface area (Å²) < 4.78 is 0. The molecule has 0 spiro atoms. The van der Waals surface area contributed by atoms with Crippen LogP contribution in [0.1, 0.15) is 19.8 Å². The van der Waals surface area contributed by atoms with Crippen LogP contribution in [0, 0.1) is 5.41 Å². The SMILES string of the molecule is CN/C=C1\C(=N)C=CC(Sc2cnc(N3CCC(C)(N)CC3)cn2)=C1Cl. The van der Waals surface area contributed by atoms with Crippen LogP contribution in [0.4, 0.5) is 5.82 Å². The second-order valence-electron chi connectivity index (χ2n) is 6.73. The molecule has 6 nitrogen and oxygen atoms in total. The predicted molar refractivity (Wildman–Crippen MR) is 109 cm³/mol. The fourth-order valence-corrected chi connectivity index (χ4v) is 3.93. The summed E-state index contributed by atoms with van der Waals surface area (Å²) in [6.45, 7) is 3.89. The number of nitrogens with one attached hydrogen (secondary N) is 2. The Morgan fingerprint density at radius 2 is 2.04 bits per heavy atom. The number of thioether (sulfide) groups is 1. The summed E-state index contributed by atoms with van der Waals surface area (Å²) in [5.41, 5.74) is 7.16. The maximum Gasteiger partial charge on any atom is 0.147 e. The van der Waals surface area contributed by atoms with Crippen LogP contribution in [0.5, 0.6) is 0 Å². The highest BCUT2D eigenvalue weighted by Gasteiger charge is 2.26. The van der Waals surface area contributed by atoms with Gasteiger partial charge in [0, 0.05) is 42.4 Å². The van der Waals surface area contributed by atoms with Crippen LogP contribution in [-0.2, 0) is 0 Å². The predicted octanol–water partition coefficient (Wildman–Crippen LogP) is 3.03. The number of nitrogens with zero attached hydrogens (tertiary/aromatic N) is 3. The Labute approximate surface area is 163 Å². The quantitative estimate of drug-likeness (QED) is 0.732. The number of anilines is 1. The molecule has 0 amide bonds. The maximum absolute atomic E-state index is 7.95. The van der Waals surface area contributed by atoms with Crippen molar-refractivity contribution in [3.8, 4) is 0 Å². The number of piperidine rings is 1. The molecule has 1 aliphatic carbocycles. The van der Waals surface area contributed by atoms with Gasteiger partial charge in [-0.25, -0.2) is 9.97 Å². The van der Waals surface area contributed by atoms with E-state index in [1.54, 1.807) is 31.7 Å². The third-order valence-electron chi connectivity index (χ3n) is 4.49. The lowest BCUT2D eigenvalue weighted by Gasteiger charge is -2.37. The molecule has 1 aliphatic heterocycles. The summed E-state index contributed by atoms with van der Waals surface area (Å²) >= 11 is 7.89. The Balaban J connectivity index is 1.71. The molecule has 26 heavy (non-hydrogen) atoms. The summed E-state index contributed by atoms with van der Waals surface area (Å²) in [6.07, 6.45) is 10.8. The zero-order chi connectivity index (χ0) is 18.7. The molecular formula is C18H23ClN6S. The van der Waals surface area contributed by atoms with E-state index in [-0.39, 0.29) is 5.54 Å². The minimum atomic E-state index is -0.0808. The Bertz CT molecular complexity index is 771. The number of halogens is 1. The van der Waals surface area contributed by atoms with E-state index < -0.39 is 0 Å². The molecular weight excluding hydrogens is 368 g/mol. The minimum absolute atomic E-state index is 0.0808. The van der Waals surface area contributed by atoms with E-state index >= 15 is 0 Å². The van der Waals surface area contributed by atoms with Gasteiger partial charge in [0.15, 0.2) is 0 Å². The third kappa shape index (κ3) is 4.28. The lowest BCUT2D eigenvalue weighted by atomic mass is 9.91. The summed E-state index contributed by atoms with van der Waals surface area (Å²) in [7, 11) is 1.79. The fraction of sp³-hybridized carbons (Fsp3) is 0.389. The highest BCUT2D eigenvalue weighted by Crippen LogP contribution is 2.36. The van der Waals surface area contributed by atoms with Gasteiger partial charge in [-0.15, -0.1) is 0 Å². The number of hydrogen-bond donors (Lipinski definition) is 3. The van der Waals surface area contributed by atoms with E-state index in [1.807, 2.05) is 6.08 Å². The van der Waals surface area contributed by atoms with Crippen molar-refractivity contribution in [3.05, 3.63) is 46.3 Å². The van der Waals surface area contributed by atoms with Crippen LogP contribution in [0.15, 0.2) is 51.3 Å². The highest BCUT2D eigenvalue weighted by molar-refractivity contribution is 8.03. The third-order valence-corrected chi connectivity index (χ3v) is 5.99. The van der Waals surface area contributed by atoms with Gasteiger partial charge >= 0.3 is 0 Å². The van der Waals surface area contributed by atoms with E-state index in [0.717, 1.165) is 41.7 Å². The molecule has 2 heterocycles. The molecule has 0 saturated carbocycles. The first-order valence-corrected chi connectivity index (χ1v) is 9.67. The Hall–Kier alpha value is -1.83.